The highest BCUT2D eigenvalue weighted by Gasteiger charge is 2.20. The van der Waals surface area contributed by atoms with Gasteiger partial charge in [-0.15, -0.1) is 0 Å². The molecule has 1 heterocycles. The molecular weight excluding hydrogens is 219 g/mol. The van der Waals surface area contributed by atoms with Crippen molar-refractivity contribution in [1.29, 1.82) is 0 Å². The molecule has 0 N–H and O–H groups in total. The zero-order valence-electron chi connectivity index (χ0n) is 7.62. The number of hydrogen-bond acceptors (Lipinski definition) is 2. The molecular formula is C6H9BF4N2S. The monoisotopic (exact) mass is 228 g/mol. The third-order valence-corrected chi connectivity index (χ3v) is 1.69. The fourth-order valence-electron chi connectivity index (χ4n) is 0.532. The van der Waals surface area contributed by atoms with Crippen LogP contribution in [0.25, 0.3) is 0 Å². The SMILES string of the molecule is CSc1cc[n+](C)cn1.F[B-](F)(F)F. The van der Waals surface area contributed by atoms with Gasteiger partial charge in [0.2, 0.25) is 5.03 Å². The van der Waals surface area contributed by atoms with Gasteiger partial charge in [0.25, 0.3) is 6.33 Å². The van der Waals surface area contributed by atoms with Crippen LogP contribution in [0.5, 0.6) is 0 Å². The van der Waals surface area contributed by atoms with Gasteiger partial charge in [0.15, 0.2) is 0 Å². The molecule has 0 aliphatic heterocycles. The average Bonchev–Trinajstić information content (AvgIpc) is 2.03. The van der Waals surface area contributed by atoms with Crippen molar-refractivity contribution < 1.29 is 21.8 Å². The summed E-state index contributed by atoms with van der Waals surface area (Å²) in [6, 6.07) is 1.99. The summed E-state index contributed by atoms with van der Waals surface area (Å²) >= 11 is 1.65. The first kappa shape index (κ1) is 13.2. The van der Waals surface area contributed by atoms with Gasteiger partial charge in [-0.1, -0.05) is 11.8 Å². The Balaban J connectivity index is 0.000000292. The number of nitrogens with zero attached hydrogens (tertiary/aromatic N) is 2. The fourth-order valence-corrected chi connectivity index (χ4v) is 0.881. The van der Waals surface area contributed by atoms with Crippen molar-refractivity contribution in [3.8, 4) is 0 Å². The number of thioether (sulfide) groups is 1. The zero-order chi connectivity index (χ0) is 11.2. The largest absolute Gasteiger partial charge is 0.673 e. The maximum atomic E-state index is 9.75. The molecule has 0 amide bonds. The highest BCUT2D eigenvalue weighted by molar-refractivity contribution is 7.98. The van der Waals surface area contributed by atoms with E-state index in [1.807, 2.05) is 30.1 Å². The second-order valence-electron chi connectivity index (χ2n) is 2.26. The molecule has 8 heteroatoms. The van der Waals surface area contributed by atoms with Gasteiger partial charge in [0.05, 0.1) is 13.2 Å². The number of rotatable bonds is 1. The summed E-state index contributed by atoms with van der Waals surface area (Å²) in [5.74, 6) is 0. The Morgan fingerprint density at radius 1 is 1.36 bits per heavy atom. The van der Waals surface area contributed by atoms with Gasteiger partial charge < -0.3 is 17.3 Å². The molecule has 0 saturated heterocycles. The van der Waals surface area contributed by atoms with Crippen LogP contribution in [0.1, 0.15) is 0 Å². The van der Waals surface area contributed by atoms with Crippen LogP contribution < -0.4 is 4.57 Å². The molecule has 0 aliphatic rings. The summed E-state index contributed by atoms with van der Waals surface area (Å²) in [6.45, 7) is 0. The molecule has 0 atom stereocenters. The highest BCUT2D eigenvalue weighted by atomic mass is 32.2. The van der Waals surface area contributed by atoms with Crippen LogP contribution in [-0.4, -0.2) is 18.5 Å². The van der Waals surface area contributed by atoms with Crippen LogP contribution in [0.3, 0.4) is 0 Å². The van der Waals surface area contributed by atoms with Gasteiger partial charge in [-0.25, -0.2) is 4.57 Å². The lowest BCUT2D eigenvalue weighted by Crippen LogP contribution is -2.26. The van der Waals surface area contributed by atoms with Crippen molar-refractivity contribution in [3.05, 3.63) is 18.6 Å². The van der Waals surface area contributed by atoms with E-state index in [1.165, 1.54) is 0 Å². The normalized spacial score (nSPS) is 10.4. The lowest BCUT2D eigenvalue weighted by atomic mass is 10.3. The summed E-state index contributed by atoms with van der Waals surface area (Å²) in [7, 11) is -4.04. The number of aromatic nitrogens is 2. The van der Waals surface area contributed by atoms with Gasteiger partial charge in [0, 0.05) is 6.07 Å². The molecule has 0 aromatic carbocycles. The van der Waals surface area contributed by atoms with Crippen LogP contribution in [0.4, 0.5) is 17.3 Å². The third-order valence-electron chi connectivity index (χ3n) is 1.03. The Bertz CT molecular complexity index is 258. The number of aryl methyl sites for hydroxylation is 1. The zero-order valence-corrected chi connectivity index (χ0v) is 8.44. The Hall–Kier alpha value is -0.785. The molecule has 2 nitrogen and oxygen atoms in total. The summed E-state index contributed by atoms with van der Waals surface area (Å²) in [6.07, 6.45) is 5.80. The van der Waals surface area contributed by atoms with E-state index in [9.17, 15) is 17.3 Å². The Kier molecular flexibility index (Phi) is 5.52. The number of halogens is 4. The first-order valence-corrected chi connectivity index (χ1v) is 4.78. The summed E-state index contributed by atoms with van der Waals surface area (Å²) in [5.41, 5.74) is 0. The van der Waals surface area contributed by atoms with E-state index in [2.05, 4.69) is 4.98 Å². The smallest absolute Gasteiger partial charge is 0.418 e. The standard InChI is InChI=1S/C6H9N2S.BF4/c1-8-4-3-6(9-2)7-5-8;2-1(3,4)5/h3-5H,1-2H3;/q+1;-1. The highest BCUT2D eigenvalue weighted by Crippen LogP contribution is 2.06. The molecule has 0 bridgehead atoms. The first-order valence-electron chi connectivity index (χ1n) is 3.55. The van der Waals surface area contributed by atoms with E-state index < -0.39 is 7.25 Å². The maximum Gasteiger partial charge on any atom is 0.673 e. The van der Waals surface area contributed by atoms with Crippen molar-refractivity contribution in [2.75, 3.05) is 6.26 Å². The summed E-state index contributed by atoms with van der Waals surface area (Å²) in [4.78, 5) is 4.12. The van der Waals surface area contributed by atoms with Crippen molar-refractivity contribution in [2.24, 2.45) is 7.05 Å². The van der Waals surface area contributed by atoms with Crippen LogP contribution in [0.15, 0.2) is 23.6 Å². The molecule has 0 saturated carbocycles. The summed E-state index contributed by atoms with van der Waals surface area (Å²) in [5, 5.41) is 1.06. The van der Waals surface area contributed by atoms with Crippen LogP contribution >= 0.6 is 11.8 Å². The van der Waals surface area contributed by atoms with Crippen LogP contribution in [0.2, 0.25) is 0 Å². The van der Waals surface area contributed by atoms with E-state index in [4.69, 9.17) is 0 Å². The second-order valence-corrected chi connectivity index (χ2v) is 3.09. The quantitative estimate of drug-likeness (QED) is 0.240. The van der Waals surface area contributed by atoms with Crippen LogP contribution in [0, 0.1) is 0 Å². The fraction of sp³-hybridized carbons (Fsp3) is 0.333. The predicted molar refractivity (Wildman–Crippen MR) is 47.4 cm³/mol. The molecule has 14 heavy (non-hydrogen) atoms. The van der Waals surface area contributed by atoms with E-state index in [1.54, 1.807) is 18.1 Å². The van der Waals surface area contributed by atoms with Gasteiger partial charge in [-0.05, 0) is 11.2 Å². The lowest BCUT2D eigenvalue weighted by Gasteiger charge is -1.94. The molecule has 0 spiro atoms. The predicted octanol–water partition coefficient (Wildman–Crippen LogP) is 1.93. The Labute approximate surface area is 83.5 Å². The molecule has 1 aromatic heterocycles. The van der Waals surface area contributed by atoms with Gasteiger partial charge in [-0.3, -0.25) is 0 Å². The van der Waals surface area contributed by atoms with Crippen molar-refractivity contribution in [1.82, 2.24) is 4.98 Å². The molecule has 0 radical (unpaired) electrons. The molecule has 0 unspecified atom stereocenters. The minimum Gasteiger partial charge on any atom is -0.418 e. The van der Waals surface area contributed by atoms with Crippen molar-refractivity contribution in [2.45, 2.75) is 5.03 Å². The van der Waals surface area contributed by atoms with Crippen molar-refractivity contribution in [3.63, 3.8) is 0 Å². The second kappa shape index (κ2) is 5.84. The van der Waals surface area contributed by atoms with E-state index in [0.717, 1.165) is 5.03 Å². The topological polar surface area (TPSA) is 16.8 Å². The van der Waals surface area contributed by atoms with Crippen LogP contribution in [-0.2, 0) is 7.05 Å². The molecule has 0 fully saturated rings. The molecule has 80 valence electrons. The van der Waals surface area contributed by atoms with Gasteiger partial charge in [0.1, 0.15) is 0 Å². The third kappa shape index (κ3) is 9.30. The van der Waals surface area contributed by atoms with E-state index >= 15 is 0 Å². The van der Waals surface area contributed by atoms with Crippen molar-refractivity contribution >= 4 is 19.0 Å². The first-order chi connectivity index (χ1) is 6.33. The summed E-state index contributed by atoms with van der Waals surface area (Å²) < 4.78 is 40.9. The molecule has 0 aliphatic carbocycles. The van der Waals surface area contributed by atoms with Gasteiger partial charge in [-0.2, -0.15) is 0 Å². The van der Waals surface area contributed by atoms with E-state index in [-0.39, 0.29) is 0 Å². The van der Waals surface area contributed by atoms with Gasteiger partial charge >= 0.3 is 7.25 Å². The Morgan fingerprint density at radius 3 is 2.14 bits per heavy atom. The minimum atomic E-state index is -6.00. The molecule has 1 rings (SSSR count). The van der Waals surface area contributed by atoms with E-state index in [0.29, 0.717) is 0 Å². The number of hydrogen-bond donors (Lipinski definition) is 0. The maximum absolute atomic E-state index is 9.75. The lowest BCUT2D eigenvalue weighted by molar-refractivity contribution is -0.675. The minimum absolute atomic E-state index is 1.06. The Morgan fingerprint density at radius 2 is 1.86 bits per heavy atom. The molecule has 1 aromatic rings. The average molecular weight is 228 g/mol.